The molecule has 2 aromatic rings. The molecule has 0 heterocycles. The van der Waals surface area contributed by atoms with E-state index in [0.29, 0.717) is 22.9 Å². The third-order valence-electron chi connectivity index (χ3n) is 3.03. The summed E-state index contributed by atoms with van der Waals surface area (Å²) in [4.78, 5) is 11.9. The van der Waals surface area contributed by atoms with Crippen LogP contribution in [0.25, 0.3) is 0 Å². The Morgan fingerprint density at radius 1 is 1.30 bits per heavy atom. The predicted octanol–water partition coefficient (Wildman–Crippen LogP) is 4.50. The third-order valence-corrected chi connectivity index (χ3v) is 4.24. The van der Waals surface area contributed by atoms with Crippen LogP contribution in [0.4, 0.5) is 10.1 Å². The summed E-state index contributed by atoms with van der Waals surface area (Å²) in [7, 11) is 1.62. The first-order valence-electron chi connectivity index (χ1n) is 6.98. The highest BCUT2D eigenvalue weighted by Gasteiger charge is 2.07. The monoisotopic (exact) mass is 353 g/mol. The number of carbonyl (C=O) groups excluding carboxylic acids is 1. The zero-order valence-corrected chi connectivity index (χ0v) is 14.2. The van der Waals surface area contributed by atoms with Crippen LogP contribution < -0.4 is 5.32 Å². The molecule has 1 N–H and O–H groups in total. The van der Waals surface area contributed by atoms with Gasteiger partial charge in [0, 0.05) is 23.6 Å². The summed E-state index contributed by atoms with van der Waals surface area (Å²) in [5.41, 5.74) is 2.25. The number of ether oxygens (including phenoxy) is 1. The average Bonchev–Trinajstić information content (AvgIpc) is 2.50. The minimum Gasteiger partial charge on any atom is -0.380 e. The number of thioether (sulfide) groups is 1. The SMILES string of the molecule is COCc1cccc(NC(=O)CSCc2ccc(Cl)cc2F)c1. The smallest absolute Gasteiger partial charge is 0.234 e. The number of halogens is 2. The Labute approximate surface area is 144 Å². The molecule has 3 nitrogen and oxygen atoms in total. The van der Waals surface area contributed by atoms with E-state index in [-0.39, 0.29) is 17.5 Å². The second-order valence-corrected chi connectivity index (χ2v) is 6.33. The largest absolute Gasteiger partial charge is 0.380 e. The molecule has 23 heavy (non-hydrogen) atoms. The predicted molar refractivity (Wildman–Crippen MR) is 93.4 cm³/mol. The van der Waals surface area contributed by atoms with Gasteiger partial charge in [-0.3, -0.25) is 4.79 Å². The number of benzene rings is 2. The first-order valence-corrected chi connectivity index (χ1v) is 8.51. The first-order chi connectivity index (χ1) is 11.1. The van der Waals surface area contributed by atoms with E-state index in [0.717, 1.165) is 11.3 Å². The molecule has 2 rings (SSSR count). The zero-order chi connectivity index (χ0) is 16.7. The van der Waals surface area contributed by atoms with Crippen molar-refractivity contribution in [2.45, 2.75) is 12.4 Å². The Hall–Kier alpha value is -1.56. The number of methoxy groups -OCH3 is 1. The van der Waals surface area contributed by atoms with Crippen LogP contribution in [0.1, 0.15) is 11.1 Å². The molecule has 2 aromatic carbocycles. The van der Waals surface area contributed by atoms with Gasteiger partial charge in [0.05, 0.1) is 12.4 Å². The van der Waals surface area contributed by atoms with Crippen LogP contribution in [0.3, 0.4) is 0 Å². The molecule has 0 aliphatic carbocycles. The lowest BCUT2D eigenvalue weighted by Crippen LogP contribution is -2.14. The number of nitrogens with one attached hydrogen (secondary N) is 1. The van der Waals surface area contributed by atoms with E-state index in [1.807, 2.05) is 24.3 Å². The summed E-state index contributed by atoms with van der Waals surface area (Å²) in [5, 5.41) is 3.19. The lowest BCUT2D eigenvalue weighted by Gasteiger charge is -2.07. The summed E-state index contributed by atoms with van der Waals surface area (Å²) in [6.45, 7) is 0.494. The third kappa shape index (κ3) is 5.86. The van der Waals surface area contributed by atoms with Crippen molar-refractivity contribution < 1.29 is 13.9 Å². The lowest BCUT2D eigenvalue weighted by molar-refractivity contribution is -0.113. The summed E-state index contributed by atoms with van der Waals surface area (Å²) in [6, 6.07) is 12.0. The minimum absolute atomic E-state index is 0.126. The van der Waals surface area contributed by atoms with E-state index in [4.69, 9.17) is 16.3 Å². The topological polar surface area (TPSA) is 38.3 Å². The van der Waals surface area contributed by atoms with Gasteiger partial charge in [0.2, 0.25) is 5.91 Å². The molecule has 0 saturated carbocycles. The average molecular weight is 354 g/mol. The van der Waals surface area contributed by atoms with Crippen molar-refractivity contribution in [2.24, 2.45) is 0 Å². The highest BCUT2D eigenvalue weighted by Crippen LogP contribution is 2.20. The van der Waals surface area contributed by atoms with Gasteiger partial charge in [-0.05, 0) is 35.4 Å². The summed E-state index contributed by atoms with van der Waals surface area (Å²) >= 11 is 7.06. The van der Waals surface area contributed by atoms with Gasteiger partial charge >= 0.3 is 0 Å². The summed E-state index contributed by atoms with van der Waals surface area (Å²) in [5.74, 6) is 0.188. The van der Waals surface area contributed by atoms with Crippen LogP contribution in [-0.4, -0.2) is 18.8 Å². The lowest BCUT2D eigenvalue weighted by atomic mass is 10.2. The standard InChI is InChI=1S/C17H17ClFNO2S/c1-22-9-12-3-2-4-15(7-12)20-17(21)11-23-10-13-5-6-14(18)8-16(13)19/h2-8H,9-11H2,1H3,(H,20,21). The van der Waals surface area contributed by atoms with Gasteiger partial charge in [-0.1, -0.05) is 29.8 Å². The van der Waals surface area contributed by atoms with Gasteiger partial charge in [0.1, 0.15) is 5.82 Å². The number of anilines is 1. The Morgan fingerprint density at radius 2 is 2.13 bits per heavy atom. The maximum Gasteiger partial charge on any atom is 0.234 e. The number of rotatable bonds is 7. The Morgan fingerprint density at radius 3 is 2.87 bits per heavy atom. The minimum atomic E-state index is -0.349. The van der Waals surface area contributed by atoms with E-state index in [1.165, 1.54) is 17.8 Å². The molecule has 6 heteroatoms. The fourth-order valence-electron chi connectivity index (χ4n) is 2.00. The Bertz CT molecular complexity index is 681. The van der Waals surface area contributed by atoms with Gasteiger partial charge in [-0.25, -0.2) is 4.39 Å². The maximum absolute atomic E-state index is 13.6. The molecule has 0 fully saturated rings. The van der Waals surface area contributed by atoms with E-state index in [2.05, 4.69) is 5.32 Å². The second-order valence-electron chi connectivity index (χ2n) is 4.91. The fourth-order valence-corrected chi connectivity index (χ4v) is 2.97. The van der Waals surface area contributed by atoms with Crippen LogP contribution >= 0.6 is 23.4 Å². The van der Waals surface area contributed by atoms with Crippen molar-refractivity contribution in [2.75, 3.05) is 18.2 Å². The summed E-state index contributed by atoms with van der Waals surface area (Å²) < 4.78 is 18.7. The van der Waals surface area contributed by atoms with E-state index >= 15 is 0 Å². The normalized spacial score (nSPS) is 10.6. The van der Waals surface area contributed by atoms with E-state index in [9.17, 15) is 9.18 Å². The van der Waals surface area contributed by atoms with Crippen molar-refractivity contribution in [1.82, 2.24) is 0 Å². The summed E-state index contributed by atoms with van der Waals surface area (Å²) in [6.07, 6.45) is 0. The number of carbonyl (C=O) groups is 1. The van der Waals surface area contributed by atoms with Gasteiger partial charge in [0.25, 0.3) is 0 Å². The highest BCUT2D eigenvalue weighted by molar-refractivity contribution is 7.99. The van der Waals surface area contributed by atoms with E-state index < -0.39 is 0 Å². The molecule has 0 aliphatic heterocycles. The molecule has 0 spiro atoms. The van der Waals surface area contributed by atoms with Crippen molar-refractivity contribution in [3.05, 3.63) is 64.4 Å². The molecule has 0 unspecified atom stereocenters. The Balaban J connectivity index is 1.82. The van der Waals surface area contributed by atoms with Crippen LogP contribution in [0.15, 0.2) is 42.5 Å². The highest BCUT2D eigenvalue weighted by atomic mass is 35.5. The Kier molecular flexibility index (Phi) is 6.89. The number of hydrogen-bond acceptors (Lipinski definition) is 3. The molecule has 0 aromatic heterocycles. The molecule has 0 bridgehead atoms. The van der Waals surface area contributed by atoms with Crippen molar-refractivity contribution in [3.8, 4) is 0 Å². The maximum atomic E-state index is 13.6. The van der Waals surface area contributed by atoms with E-state index in [1.54, 1.807) is 19.2 Å². The molecule has 0 aliphatic rings. The van der Waals surface area contributed by atoms with Gasteiger partial charge < -0.3 is 10.1 Å². The second kappa shape index (κ2) is 8.91. The molecular weight excluding hydrogens is 337 g/mol. The van der Waals surface area contributed by atoms with Crippen molar-refractivity contribution in [3.63, 3.8) is 0 Å². The van der Waals surface area contributed by atoms with Crippen molar-refractivity contribution >= 4 is 35.0 Å². The van der Waals surface area contributed by atoms with Crippen LogP contribution in [0.5, 0.6) is 0 Å². The number of hydrogen-bond donors (Lipinski definition) is 1. The van der Waals surface area contributed by atoms with Crippen LogP contribution in [0, 0.1) is 5.82 Å². The van der Waals surface area contributed by atoms with Gasteiger partial charge in [-0.15, -0.1) is 11.8 Å². The zero-order valence-electron chi connectivity index (χ0n) is 12.6. The molecule has 122 valence electrons. The van der Waals surface area contributed by atoms with Gasteiger partial charge in [-0.2, -0.15) is 0 Å². The molecular formula is C17H17ClFNO2S. The quantitative estimate of drug-likeness (QED) is 0.796. The molecule has 1 amide bonds. The molecule has 0 atom stereocenters. The molecule has 0 radical (unpaired) electrons. The number of amides is 1. The first kappa shape index (κ1) is 17.8. The van der Waals surface area contributed by atoms with Crippen LogP contribution in [0.2, 0.25) is 5.02 Å². The van der Waals surface area contributed by atoms with Crippen molar-refractivity contribution in [1.29, 1.82) is 0 Å². The van der Waals surface area contributed by atoms with Crippen LogP contribution in [-0.2, 0) is 21.9 Å². The fraction of sp³-hybridized carbons (Fsp3) is 0.235. The molecule has 0 saturated heterocycles. The van der Waals surface area contributed by atoms with Gasteiger partial charge in [0.15, 0.2) is 0 Å².